The number of nitrogens with one attached hydrogen (secondary N) is 1. The fourth-order valence-corrected chi connectivity index (χ4v) is 1.84. The van der Waals surface area contributed by atoms with Gasteiger partial charge in [-0.1, -0.05) is 12.1 Å². The average molecular weight is 235 g/mol. The normalized spacial score (nSPS) is 10.5. The zero-order chi connectivity index (χ0) is 13.0. The summed E-state index contributed by atoms with van der Waals surface area (Å²) in [5, 5.41) is 3.43. The Morgan fingerprint density at radius 3 is 2.24 bits per heavy atom. The number of rotatable bonds is 4. The SMILES string of the molecule is CC(=O)OCc1cc(C)c(NC(C)C)c(C)c1. The van der Waals surface area contributed by atoms with E-state index in [1.807, 2.05) is 0 Å². The van der Waals surface area contributed by atoms with Gasteiger partial charge in [-0.3, -0.25) is 4.79 Å². The summed E-state index contributed by atoms with van der Waals surface area (Å²) in [5.74, 6) is -0.246. The molecule has 0 saturated heterocycles. The Labute approximate surface area is 103 Å². The second-order valence-corrected chi connectivity index (χ2v) is 4.68. The van der Waals surface area contributed by atoms with E-state index in [1.54, 1.807) is 0 Å². The van der Waals surface area contributed by atoms with Crippen LogP contribution in [0.15, 0.2) is 12.1 Å². The Balaban J connectivity index is 2.89. The highest BCUT2D eigenvalue weighted by Gasteiger charge is 2.07. The maximum absolute atomic E-state index is 10.8. The van der Waals surface area contributed by atoms with Gasteiger partial charge in [0.15, 0.2) is 0 Å². The van der Waals surface area contributed by atoms with Crippen molar-refractivity contribution >= 4 is 11.7 Å². The van der Waals surface area contributed by atoms with E-state index in [2.05, 4.69) is 45.1 Å². The summed E-state index contributed by atoms with van der Waals surface area (Å²) >= 11 is 0. The second kappa shape index (κ2) is 5.71. The van der Waals surface area contributed by atoms with Gasteiger partial charge in [-0.2, -0.15) is 0 Å². The fourth-order valence-electron chi connectivity index (χ4n) is 1.84. The van der Waals surface area contributed by atoms with E-state index in [-0.39, 0.29) is 5.97 Å². The molecule has 1 aromatic carbocycles. The Morgan fingerprint density at radius 1 is 1.29 bits per heavy atom. The van der Waals surface area contributed by atoms with Crippen molar-refractivity contribution in [2.75, 3.05) is 5.32 Å². The minimum Gasteiger partial charge on any atom is -0.461 e. The van der Waals surface area contributed by atoms with Crippen LogP contribution in [0.4, 0.5) is 5.69 Å². The molecule has 0 heterocycles. The lowest BCUT2D eigenvalue weighted by Crippen LogP contribution is -2.12. The first-order chi connectivity index (χ1) is 7.90. The topological polar surface area (TPSA) is 38.3 Å². The molecule has 3 heteroatoms. The zero-order valence-electron chi connectivity index (χ0n) is 11.3. The van der Waals surface area contributed by atoms with E-state index >= 15 is 0 Å². The third-order valence-electron chi connectivity index (χ3n) is 2.47. The highest BCUT2D eigenvalue weighted by atomic mass is 16.5. The van der Waals surface area contributed by atoms with Crippen LogP contribution in [-0.2, 0) is 16.1 Å². The third-order valence-corrected chi connectivity index (χ3v) is 2.47. The molecule has 0 saturated carbocycles. The predicted octanol–water partition coefficient (Wildman–Crippen LogP) is 3.19. The van der Waals surface area contributed by atoms with Gasteiger partial charge in [0.05, 0.1) is 0 Å². The molecular weight excluding hydrogens is 214 g/mol. The van der Waals surface area contributed by atoms with Crippen LogP contribution in [0, 0.1) is 13.8 Å². The molecule has 0 aliphatic heterocycles. The molecule has 0 fully saturated rings. The average Bonchev–Trinajstić information content (AvgIpc) is 2.20. The van der Waals surface area contributed by atoms with Crippen LogP contribution in [0.5, 0.6) is 0 Å². The van der Waals surface area contributed by atoms with Gasteiger partial charge in [0.25, 0.3) is 0 Å². The van der Waals surface area contributed by atoms with Crippen molar-refractivity contribution in [1.29, 1.82) is 0 Å². The largest absolute Gasteiger partial charge is 0.461 e. The number of carbonyl (C=O) groups excluding carboxylic acids is 1. The van der Waals surface area contributed by atoms with Crippen molar-refractivity contribution in [3.05, 3.63) is 28.8 Å². The molecule has 0 bridgehead atoms. The Kier molecular flexibility index (Phi) is 4.55. The number of carbonyl (C=O) groups is 1. The Hall–Kier alpha value is -1.51. The first-order valence-electron chi connectivity index (χ1n) is 5.90. The minimum atomic E-state index is -0.246. The lowest BCUT2D eigenvalue weighted by Gasteiger charge is -2.17. The van der Waals surface area contributed by atoms with Gasteiger partial charge in [0.2, 0.25) is 0 Å². The van der Waals surface area contributed by atoms with E-state index in [0.717, 1.165) is 5.56 Å². The number of benzene rings is 1. The van der Waals surface area contributed by atoms with Crippen molar-refractivity contribution in [2.45, 2.75) is 47.3 Å². The number of esters is 1. The van der Waals surface area contributed by atoms with E-state index in [4.69, 9.17) is 4.74 Å². The lowest BCUT2D eigenvalue weighted by atomic mass is 10.0. The van der Waals surface area contributed by atoms with Crippen LogP contribution in [-0.4, -0.2) is 12.0 Å². The van der Waals surface area contributed by atoms with Gasteiger partial charge >= 0.3 is 5.97 Å². The molecule has 94 valence electrons. The van der Waals surface area contributed by atoms with Gasteiger partial charge in [-0.25, -0.2) is 0 Å². The molecule has 0 unspecified atom stereocenters. The summed E-state index contributed by atoms with van der Waals surface area (Å²) in [7, 11) is 0. The van der Waals surface area contributed by atoms with Gasteiger partial charge in [0, 0.05) is 18.7 Å². The summed E-state index contributed by atoms with van der Waals surface area (Å²) < 4.78 is 5.00. The van der Waals surface area contributed by atoms with Gasteiger partial charge < -0.3 is 10.1 Å². The first-order valence-corrected chi connectivity index (χ1v) is 5.90. The molecule has 1 N–H and O–H groups in total. The molecule has 0 atom stereocenters. The van der Waals surface area contributed by atoms with E-state index in [9.17, 15) is 4.79 Å². The van der Waals surface area contributed by atoms with E-state index < -0.39 is 0 Å². The summed E-state index contributed by atoms with van der Waals surface area (Å²) in [6.07, 6.45) is 0. The number of hydrogen-bond acceptors (Lipinski definition) is 3. The van der Waals surface area contributed by atoms with Gasteiger partial charge in [0.1, 0.15) is 6.61 Å². The van der Waals surface area contributed by atoms with Crippen LogP contribution in [0.1, 0.15) is 37.5 Å². The maximum Gasteiger partial charge on any atom is 0.302 e. The highest BCUT2D eigenvalue weighted by Crippen LogP contribution is 2.23. The Morgan fingerprint density at radius 2 is 1.82 bits per heavy atom. The van der Waals surface area contributed by atoms with Crippen molar-refractivity contribution in [1.82, 2.24) is 0 Å². The monoisotopic (exact) mass is 235 g/mol. The number of ether oxygens (including phenoxy) is 1. The van der Waals surface area contributed by atoms with Crippen molar-refractivity contribution in [2.24, 2.45) is 0 Å². The third kappa shape index (κ3) is 4.10. The summed E-state index contributed by atoms with van der Waals surface area (Å²) in [4.78, 5) is 10.8. The van der Waals surface area contributed by atoms with Crippen molar-refractivity contribution in [3.8, 4) is 0 Å². The van der Waals surface area contributed by atoms with Crippen LogP contribution in [0.3, 0.4) is 0 Å². The quantitative estimate of drug-likeness (QED) is 0.814. The molecular formula is C14H21NO2. The van der Waals surface area contributed by atoms with Crippen molar-refractivity contribution < 1.29 is 9.53 Å². The Bertz CT molecular complexity index is 388. The minimum absolute atomic E-state index is 0.246. The molecule has 0 aromatic heterocycles. The summed E-state index contributed by atoms with van der Waals surface area (Å²) in [6.45, 7) is 10.1. The highest BCUT2D eigenvalue weighted by molar-refractivity contribution is 5.66. The molecule has 3 nitrogen and oxygen atoms in total. The molecule has 0 amide bonds. The lowest BCUT2D eigenvalue weighted by molar-refractivity contribution is -0.142. The molecule has 0 aliphatic rings. The zero-order valence-corrected chi connectivity index (χ0v) is 11.3. The van der Waals surface area contributed by atoms with E-state index in [1.165, 1.54) is 23.7 Å². The first kappa shape index (κ1) is 13.6. The predicted molar refractivity (Wildman–Crippen MR) is 70.1 cm³/mol. The molecule has 0 radical (unpaired) electrons. The van der Waals surface area contributed by atoms with Gasteiger partial charge in [-0.05, 0) is 44.4 Å². The summed E-state index contributed by atoms with van der Waals surface area (Å²) in [6, 6.07) is 4.52. The molecule has 1 aromatic rings. The van der Waals surface area contributed by atoms with Crippen LogP contribution in [0.2, 0.25) is 0 Å². The van der Waals surface area contributed by atoms with Crippen LogP contribution in [0.25, 0.3) is 0 Å². The van der Waals surface area contributed by atoms with Crippen molar-refractivity contribution in [3.63, 3.8) is 0 Å². The smallest absolute Gasteiger partial charge is 0.302 e. The summed E-state index contributed by atoms with van der Waals surface area (Å²) in [5.41, 5.74) is 4.57. The molecule has 17 heavy (non-hydrogen) atoms. The van der Waals surface area contributed by atoms with E-state index in [0.29, 0.717) is 12.6 Å². The number of anilines is 1. The molecule has 0 spiro atoms. The van der Waals surface area contributed by atoms with Gasteiger partial charge in [-0.15, -0.1) is 0 Å². The second-order valence-electron chi connectivity index (χ2n) is 4.68. The van der Waals surface area contributed by atoms with Crippen LogP contribution >= 0.6 is 0 Å². The number of aryl methyl sites for hydroxylation is 2. The van der Waals surface area contributed by atoms with Crippen LogP contribution < -0.4 is 5.32 Å². The number of hydrogen-bond donors (Lipinski definition) is 1. The molecule has 1 rings (SSSR count). The fraction of sp³-hybridized carbons (Fsp3) is 0.500. The standard InChI is InChI=1S/C14H21NO2/c1-9(2)15-14-10(3)6-13(7-11(14)4)8-17-12(5)16/h6-7,9,15H,8H2,1-5H3. The molecule has 0 aliphatic carbocycles. The maximum atomic E-state index is 10.8.